The lowest BCUT2D eigenvalue weighted by atomic mass is 10.0. The molecule has 1 N–H and O–H groups in total. The summed E-state index contributed by atoms with van der Waals surface area (Å²) < 4.78 is 5.80. The van der Waals surface area contributed by atoms with Crippen molar-refractivity contribution in [3.05, 3.63) is 123 Å². The van der Waals surface area contributed by atoms with Gasteiger partial charge >= 0.3 is 0 Å². The van der Waals surface area contributed by atoms with Gasteiger partial charge in [-0.1, -0.05) is 72.3 Å². The Kier molecular flexibility index (Phi) is 8.86. The third-order valence-electron chi connectivity index (χ3n) is 9.23. The van der Waals surface area contributed by atoms with E-state index in [-0.39, 0.29) is 35.0 Å². The monoisotopic (exact) mass is 662 g/mol. The highest BCUT2D eigenvalue weighted by atomic mass is 35.5. The standard InChI is InChI=1S/C38H35ClN4O5/c39-29-13-14-30-33(44)23-35(48-34(30)22-29)37(46)40-31(21-25-11-12-26-6-1-2-7-27(26)20-25)38(47)42-18-16-41(17-19-42)32-9-4-3-8-28(32)24-43-15-5-10-36(43)45/h1-4,6-9,11-14,20,22-23,31H,5,10,15-19,21,24H2,(H,40,46)/t31-/m1/s1. The van der Waals surface area contributed by atoms with E-state index in [1.165, 1.54) is 6.07 Å². The Bertz CT molecular complexity index is 2090. The normalized spacial score (nSPS) is 15.7. The van der Waals surface area contributed by atoms with Crippen LogP contribution in [0.4, 0.5) is 5.69 Å². The van der Waals surface area contributed by atoms with Gasteiger partial charge in [-0.15, -0.1) is 0 Å². The predicted octanol–water partition coefficient (Wildman–Crippen LogP) is 5.41. The molecule has 3 amide bonds. The maximum absolute atomic E-state index is 14.2. The summed E-state index contributed by atoms with van der Waals surface area (Å²) >= 11 is 6.12. The molecule has 5 aromatic rings. The first-order valence-corrected chi connectivity index (χ1v) is 16.6. The van der Waals surface area contributed by atoms with Gasteiger partial charge in [-0.3, -0.25) is 19.2 Å². The molecule has 2 fully saturated rings. The zero-order valence-electron chi connectivity index (χ0n) is 26.4. The maximum Gasteiger partial charge on any atom is 0.287 e. The Morgan fingerprint density at radius 1 is 0.833 bits per heavy atom. The fraction of sp³-hybridized carbons (Fsp3) is 0.263. The van der Waals surface area contributed by atoms with E-state index in [4.69, 9.17) is 16.0 Å². The van der Waals surface area contributed by atoms with Crippen LogP contribution in [0.3, 0.4) is 0 Å². The van der Waals surface area contributed by atoms with Crippen molar-refractivity contribution in [1.29, 1.82) is 0 Å². The molecule has 4 aromatic carbocycles. The molecular weight excluding hydrogens is 628 g/mol. The summed E-state index contributed by atoms with van der Waals surface area (Å²) in [5, 5.41) is 5.68. The number of halogens is 1. The van der Waals surface area contributed by atoms with E-state index in [2.05, 4.69) is 22.3 Å². The first kappa shape index (κ1) is 31.4. The average Bonchev–Trinajstić information content (AvgIpc) is 3.51. The summed E-state index contributed by atoms with van der Waals surface area (Å²) in [5.74, 6) is -0.870. The van der Waals surface area contributed by atoms with Gasteiger partial charge in [0.15, 0.2) is 11.2 Å². The lowest BCUT2D eigenvalue weighted by Crippen LogP contribution is -2.55. The number of benzene rings is 4. The number of rotatable bonds is 8. The number of carbonyl (C=O) groups excluding carboxylic acids is 3. The van der Waals surface area contributed by atoms with Crippen molar-refractivity contribution in [1.82, 2.24) is 15.1 Å². The smallest absolute Gasteiger partial charge is 0.287 e. The highest BCUT2D eigenvalue weighted by Crippen LogP contribution is 2.26. The quantitative estimate of drug-likeness (QED) is 0.238. The van der Waals surface area contributed by atoms with Crippen molar-refractivity contribution in [2.24, 2.45) is 0 Å². The van der Waals surface area contributed by atoms with E-state index < -0.39 is 11.9 Å². The fourth-order valence-electron chi connectivity index (χ4n) is 6.69. The highest BCUT2D eigenvalue weighted by molar-refractivity contribution is 6.31. The molecule has 2 aliphatic heterocycles. The van der Waals surface area contributed by atoms with Gasteiger partial charge in [0.25, 0.3) is 5.91 Å². The summed E-state index contributed by atoms with van der Waals surface area (Å²) in [6.45, 7) is 3.48. The number of hydrogen-bond acceptors (Lipinski definition) is 6. The Morgan fingerprint density at radius 3 is 2.40 bits per heavy atom. The van der Waals surface area contributed by atoms with E-state index in [1.54, 1.807) is 17.0 Å². The number of amides is 3. The van der Waals surface area contributed by atoms with Gasteiger partial charge in [-0.2, -0.15) is 0 Å². The number of carbonyl (C=O) groups is 3. The molecule has 0 saturated carbocycles. The number of anilines is 1. The second kappa shape index (κ2) is 13.5. The molecule has 2 saturated heterocycles. The molecule has 9 nitrogen and oxygen atoms in total. The van der Waals surface area contributed by atoms with Crippen LogP contribution in [0.5, 0.6) is 0 Å². The number of para-hydroxylation sites is 1. The van der Waals surface area contributed by atoms with Crippen LogP contribution in [-0.4, -0.2) is 66.3 Å². The minimum atomic E-state index is -0.904. The van der Waals surface area contributed by atoms with Crippen molar-refractivity contribution >= 4 is 56.8 Å². The second-order valence-corrected chi connectivity index (χ2v) is 12.8. The summed E-state index contributed by atoms with van der Waals surface area (Å²) in [6.07, 6.45) is 1.74. The van der Waals surface area contributed by atoms with Gasteiger partial charge < -0.3 is 24.4 Å². The molecule has 244 valence electrons. The van der Waals surface area contributed by atoms with Crippen LogP contribution in [0.2, 0.25) is 5.02 Å². The lowest BCUT2D eigenvalue weighted by molar-refractivity contribution is -0.133. The Morgan fingerprint density at radius 2 is 1.60 bits per heavy atom. The van der Waals surface area contributed by atoms with E-state index in [0.29, 0.717) is 49.6 Å². The SMILES string of the molecule is O=C(N[C@H](Cc1ccc2ccccc2c1)C(=O)N1CCN(c2ccccc2CN2CCCC2=O)CC1)c1cc(=O)c2ccc(Cl)cc2o1. The molecule has 1 atom stereocenters. The number of nitrogens with one attached hydrogen (secondary N) is 1. The molecule has 1 aromatic heterocycles. The van der Waals surface area contributed by atoms with Gasteiger partial charge in [0.05, 0.1) is 5.39 Å². The summed E-state index contributed by atoms with van der Waals surface area (Å²) in [6, 6.07) is 27.0. The Labute approximate surface area is 282 Å². The van der Waals surface area contributed by atoms with Crippen LogP contribution in [0.25, 0.3) is 21.7 Å². The first-order valence-electron chi connectivity index (χ1n) is 16.2. The average molecular weight is 663 g/mol. The second-order valence-electron chi connectivity index (χ2n) is 12.4. The molecular formula is C38H35ClN4O5. The molecule has 10 heteroatoms. The van der Waals surface area contributed by atoms with E-state index in [9.17, 15) is 19.2 Å². The maximum atomic E-state index is 14.2. The third kappa shape index (κ3) is 6.64. The largest absolute Gasteiger partial charge is 0.451 e. The van der Waals surface area contributed by atoms with Crippen molar-refractivity contribution in [3.63, 3.8) is 0 Å². The predicted molar refractivity (Wildman–Crippen MR) is 186 cm³/mol. The van der Waals surface area contributed by atoms with Crippen molar-refractivity contribution < 1.29 is 18.8 Å². The van der Waals surface area contributed by atoms with Gasteiger partial charge in [-0.25, -0.2) is 0 Å². The fourth-order valence-corrected chi connectivity index (χ4v) is 6.85. The molecule has 0 aliphatic carbocycles. The van der Waals surface area contributed by atoms with Gasteiger partial charge in [0, 0.05) is 75.0 Å². The molecule has 48 heavy (non-hydrogen) atoms. The Balaban J connectivity index is 1.11. The number of hydrogen-bond donors (Lipinski definition) is 1. The molecule has 0 spiro atoms. The molecule has 0 unspecified atom stereocenters. The summed E-state index contributed by atoms with van der Waals surface area (Å²) in [4.78, 5) is 58.8. The van der Waals surface area contributed by atoms with E-state index in [0.717, 1.165) is 46.6 Å². The number of likely N-dealkylation sites (tertiary alicyclic amines) is 1. The van der Waals surface area contributed by atoms with E-state index >= 15 is 0 Å². The van der Waals surface area contributed by atoms with E-state index in [1.807, 2.05) is 59.5 Å². The van der Waals surface area contributed by atoms with Crippen LogP contribution in [-0.2, 0) is 22.6 Å². The number of piperazine rings is 1. The van der Waals surface area contributed by atoms with Crippen LogP contribution in [0.15, 0.2) is 100 Å². The van der Waals surface area contributed by atoms with Gasteiger partial charge in [0.2, 0.25) is 11.8 Å². The Hall–Kier alpha value is -5.15. The van der Waals surface area contributed by atoms with Crippen LogP contribution in [0, 0.1) is 0 Å². The van der Waals surface area contributed by atoms with Crippen molar-refractivity contribution in [3.8, 4) is 0 Å². The summed E-state index contributed by atoms with van der Waals surface area (Å²) in [7, 11) is 0. The first-order chi connectivity index (χ1) is 23.3. The van der Waals surface area contributed by atoms with Gasteiger partial charge in [-0.05, 0) is 46.5 Å². The molecule has 7 rings (SSSR count). The highest BCUT2D eigenvalue weighted by Gasteiger charge is 2.31. The minimum absolute atomic E-state index is 0.187. The number of nitrogens with zero attached hydrogens (tertiary/aromatic N) is 3. The van der Waals surface area contributed by atoms with Crippen LogP contribution >= 0.6 is 11.6 Å². The zero-order valence-corrected chi connectivity index (χ0v) is 27.1. The van der Waals surface area contributed by atoms with Crippen LogP contribution in [0.1, 0.15) is 34.5 Å². The zero-order chi connectivity index (χ0) is 33.2. The van der Waals surface area contributed by atoms with Gasteiger partial charge in [0.1, 0.15) is 11.6 Å². The summed E-state index contributed by atoms with van der Waals surface area (Å²) in [5.41, 5.74) is 2.87. The molecule has 2 aliphatic rings. The lowest BCUT2D eigenvalue weighted by Gasteiger charge is -2.38. The molecule has 0 radical (unpaired) electrons. The number of fused-ring (bicyclic) bond motifs is 2. The van der Waals surface area contributed by atoms with Crippen molar-refractivity contribution in [2.75, 3.05) is 37.6 Å². The molecule has 0 bridgehead atoms. The molecule has 3 heterocycles. The van der Waals surface area contributed by atoms with Crippen LogP contribution < -0.4 is 15.6 Å². The third-order valence-corrected chi connectivity index (χ3v) is 9.46. The minimum Gasteiger partial charge on any atom is -0.451 e. The van der Waals surface area contributed by atoms with Crippen molar-refractivity contribution in [2.45, 2.75) is 31.8 Å². The topological polar surface area (TPSA) is 103 Å².